The molecule has 0 aliphatic carbocycles. The van der Waals surface area contributed by atoms with Gasteiger partial charge in [-0.1, -0.05) is 24.3 Å². The molecule has 29 heavy (non-hydrogen) atoms. The third-order valence-electron chi connectivity index (χ3n) is 4.68. The maximum atomic E-state index is 12.0. The predicted molar refractivity (Wildman–Crippen MR) is 134 cm³/mol. The molecule has 0 bridgehead atoms. The molecule has 0 spiro atoms. The van der Waals surface area contributed by atoms with Crippen LogP contribution in [0.5, 0.6) is 0 Å². The summed E-state index contributed by atoms with van der Waals surface area (Å²) in [6, 6.07) is 14.7. The molecule has 8 heteroatoms. The largest absolute Gasteiger partial charge is 0.351 e. The summed E-state index contributed by atoms with van der Waals surface area (Å²) in [5.74, 6) is 2.60. The topological polar surface area (TPSA) is 47.9 Å². The minimum Gasteiger partial charge on any atom is -0.351 e. The molecule has 1 aromatic heterocycles. The minimum atomic E-state index is 0. The highest BCUT2D eigenvalue weighted by Crippen LogP contribution is 2.26. The summed E-state index contributed by atoms with van der Waals surface area (Å²) in [5, 5.41) is 5.54. The van der Waals surface area contributed by atoms with E-state index < -0.39 is 0 Å². The molecule has 1 atom stereocenters. The van der Waals surface area contributed by atoms with Gasteiger partial charge in [0.15, 0.2) is 5.96 Å². The van der Waals surface area contributed by atoms with Gasteiger partial charge in [0.25, 0.3) is 0 Å². The number of likely N-dealkylation sites (N-methyl/N-ethyl adjacent to an activating group) is 1. The van der Waals surface area contributed by atoms with E-state index in [1.54, 1.807) is 30.3 Å². The summed E-state index contributed by atoms with van der Waals surface area (Å²) in [6.07, 6.45) is 1.15. The third-order valence-corrected chi connectivity index (χ3v) is 6.80. The fourth-order valence-corrected chi connectivity index (χ4v) is 4.72. The molecule has 2 aromatic rings. The zero-order valence-electron chi connectivity index (χ0n) is 16.9. The SMILES string of the molecule is CN(C)C(=O)CN=C(NCc1cccs1)N1CCC(CSc2ccccc2)C1.I. The first-order valence-electron chi connectivity index (χ1n) is 9.55. The lowest BCUT2D eigenvalue weighted by atomic mass is 10.2. The van der Waals surface area contributed by atoms with Crippen molar-refractivity contribution in [2.75, 3.05) is 39.5 Å². The molecule has 1 fully saturated rings. The number of nitrogens with zero attached hydrogens (tertiary/aromatic N) is 3. The van der Waals surface area contributed by atoms with Gasteiger partial charge in [-0.15, -0.1) is 47.1 Å². The van der Waals surface area contributed by atoms with E-state index in [4.69, 9.17) is 0 Å². The number of benzene rings is 1. The number of hydrogen-bond acceptors (Lipinski definition) is 4. The lowest BCUT2D eigenvalue weighted by Crippen LogP contribution is -2.40. The zero-order chi connectivity index (χ0) is 19.8. The van der Waals surface area contributed by atoms with Gasteiger partial charge in [0.2, 0.25) is 5.91 Å². The second-order valence-electron chi connectivity index (χ2n) is 7.09. The molecule has 1 unspecified atom stereocenters. The van der Waals surface area contributed by atoms with E-state index in [0.717, 1.165) is 37.8 Å². The lowest BCUT2D eigenvalue weighted by Gasteiger charge is -2.22. The van der Waals surface area contributed by atoms with E-state index in [2.05, 4.69) is 63.1 Å². The summed E-state index contributed by atoms with van der Waals surface area (Å²) in [7, 11) is 3.53. The van der Waals surface area contributed by atoms with Crippen LogP contribution in [0.4, 0.5) is 0 Å². The Hall–Kier alpha value is -1.26. The number of carbonyl (C=O) groups is 1. The molecule has 0 saturated carbocycles. The molecule has 1 aliphatic rings. The maximum absolute atomic E-state index is 12.0. The van der Waals surface area contributed by atoms with Crippen molar-refractivity contribution in [3.63, 3.8) is 0 Å². The number of hydrogen-bond donors (Lipinski definition) is 1. The summed E-state index contributed by atoms with van der Waals surface area (Å²) >= 11 is 3.65. The van der Waals surface area contributed by atoms with Crippen LogP contribution in [-0.4, -0.2) is 61.1 Å². The Morgan fingerprint density at radius 2 is 2.07 bits per heavy atom. The van der Waals surface area contributed by atoms with Crippen LogP contribution in [-0.2, 0) is 11.3 Å². The minimum absolute atomic E-state index is 0. The molecule has 1 aliphatic heterocycles. The van der Waals surface area contributed by atoms with Crippen molar-refractivity contribution in [3.8, 4) is 0 Å². The van der Waals surface area contributed by atoms with Crippen LogP contribution in [0.1, 0.15) is 11.3 Å². The van der Waals surface area contributed by atoms with Crippen LogP contribution in [0.3, 0.4) is 0 Å². The van der Waals surface area contributed by atoms with Crippen LogP contribution < -0.4 is 5.32 Å². The molecule has 1 saturated heterocycles. The molecule has 5 nitrogen and oxygen atoms in total. The van der Waals surface area contributed by atoms with E-state index in [1.165, 1.54) is 9.77 Å². The molecular formula is C21H29IN4OS2. The standard InChI is InChI=1S/C21H28N4OS2.HI/c1-24(2)20(26)14-23-21(22-13-19-9-6-12-27-19)25-11-10-17(15-25)16-28-18-7-4-3-5-8-18;/h3-9,12,17H,10-11,13-16H2,1-2H3,(H,22,23);1H. The van der Waals surface area contributed by atoms with Crippen molar-refractivity contribution in [2.24, 2.45) is 10.9 Å². The van der Waals surface area contributed by atoms with Crippen molar-refractivity contribution in [1.29, 1.82) is 0 Å². The monoisotopic (exact) mass is 544 g/mol. The zero-order valence-corrected chi connectivity index (χ0v) is 20.9. The van der Waals surface area contributed by atoms with Gasteiger partial charge in [-0.3, -0.25) is 4.79 Å². The van der Waals surface area contributed by atoms with Crippen LogP contribution >= 0.6 is 47.1 Å². The Morgan fingerprint density at radius 3 is 2.76 bits per heavy atom. The first-order chi connectivity index (χ1) is 13.6. The smallest absolute Gasteiger partial charge is 0.243 e. The third kappa shape index (κ3) is 7.82. The Bertz CT molecular complexity index is 768. The first-order valence-corrected chi connectivity index (χ1v) is 11.4. The van der Waals surface area contributed by atoms with Gasteiger partial charge in [-0.25, -0.2) is 4.99 Å². The van der Waals surface area contributed by atoms with Crippen LogP contribution in [0.25, 0.3) is 0 Å². The Labute approximate surface area is 199 Å². The van der Waals surface area contributed by atoms with Gasteiger partial charge in [0.1, 0.15) is 6.54 Å². The normalized spacial score (nSPS) is 16.4. The molecular weight excluding hydrogens is 515 g/mol. The number of guanidine groups is 1. The first kappa shape index (κ1) is 24.0. The quantitative estimate of drug-likeness (QED) is 0.248. The van der Waals surface area contributed by atoms with Gasteiger partial charge in [0.05, 0.1) is 6.54 Å². The molecule has 2 heterocycles. The van der Waals surface area contributed by atoms with Crippen LogP contribution in [0.2, 0.25) is 0 Å². The number of amides is 1. The highest BCUT2D eigenvalue weighted by Gasteiger charge is 2.25. The molecule has 1 aromatic carbocycles. The Morgan fingerprint density at radius 1 is 1.28 bits per heavy atom. The lowest BCUT2D eigenvalue weighted by molar-refractivity contribution is -0.127. The summed E-state index contributed by atoms with van der Waals surface area (Å²) < 4.78 is 0. The average Bonchev–Trinajstić information content (AvgIpc) is 3.39. The second kappa shape index (κ2) is 12.4. The number of likely N-dealkylation sites (tertiary alicyclic amines) is 1. The van der Waals surface area contributed by atoms with E-state index in [9.17, 15) is 4.79 Å². The van der Waals surface area contributed by atoms with Crippen molar-refractivity contribution >= 4 is 58.9 Å². The number of halogens is 1. The van der Waals surface area contributed by atoms with Crippen molar-refractivity contribution in [2.45, 2.75) is 17.9 Å². The number of rotatable bonds is 7. The predicted octanol–water partition coefficient (Wildman–Crippen LogP) is 4.01. The van der Waals surface area contributed by atoms with Crippen LogP contribution in [0.15, 0.2) is 57.7 Å². The fraction of sp³-hybridized carbons (Fsp3) is 0.429. The van der Waals surface area contributed by atoms with Crippen molar-refractivity contribution in [3.05, 3.63) is 52.7 Å². The number of thiophene rings is 1. The molecule has 3 rings (SSSR count). The second-order valence-corrected chi connectivity index (χ2v) is 9.21. The molecule has 0 radical (unpaired) electrons. The average molecular weight is 545 g/mol. The van der Waals surface area contributed by atoms with Gasteiger partial charge >= 0.3 is 0 Å². The van der Waals surface area contributed by atoms with Crippen molar-refractivity contribution < 1.29 is 4.79 Å². The molecule has 1 amide bonds. The molecule has 158 valence electrons. The summed E-state index contributed by atoms with van der Waals surface area (Å²) in [4.78, 5) is 23.1. The number of nitrogens with one attached hydrogen (secondary N) is 1. The molecule has 1 N–H and O–H groups in total. The summed E-state index contributed by atoms with van der Waals surface area (Å²) in [5.41, 5.74) is 0. The van der Waals surface area contributed by atoms with Gasteiger partial charge in [-0.2, -0.15) is 0 Å². The van der Waals surface area contributed by atoms with Gasteiger partial charge in [-0.05, 0) is 35.9 Å². The van der Waals surface area contributed by atoms with E-state index in [-0.39, 0.29) is 36.4 Å². The van der Waals surface area contributed by atoms with Gasteiger partial charge < -0.3 is 15.1 Å². The van der Waals surface area contributed by atoms with E-state index >= 15 is 0 Å². The van der Waals surface area contributed by atoms with Crippen LogP contribution in [0, 0.1) is 5.92 Å². The Balaban J connectivity index is 0.00000300. The highest BCUT2D eigenvalue weighted by atomic mass is 127. The summed E-state index contributed by atoms with van der Waals surface area (Å²) in [6.45, 7) is 2.88. The maximum Gasteiger partial charge on any atom is 0.243 e. The van der Waals surface area contributed by atoms with Gasteiger partial charge in [0, 0.05) is 42.7 Å². The number of carbonyl (C=O) groups excluding carboxylic acids is 1. The number of thioether (sulfide) groups is 1. The highest BCUT2D eigenvalue weighted by molar-refractivity contribution is 14.0. The Kier molecular flexibility index (Phi) is 10.3. The number of aliphatic imine (C=N–C) groups is 1. The van der Waals surface area contributed by atoms with Crippen molar-refractivity contribution in [1.82, 2.24) is 15.1 Å². The van der Waals surface area contributed by atoms with E-state index in [1.807, 2.05) is 11.8 Å². The fourth-order valence-electron chi connectivity index (χ4n) is 3.02. The van der Waals surface area contributed by atoms with E-state index in [0.29, 0.717) is 5.92 Å².